The minimum absolute atomic E-state index is 0.616. The van der Waals surface area contributed by atoms with Crippen LogP contribution < -0.4 is 5.73 Å². The van der Waals surface area contributed by atoms with Gasteiger partial charge in [0.2, 0.25) is 0 Å². The molecule has 1 unspecified atom stereocenters. The number of ether oxygens (including phenoxy) is 1. The fourth-order valence-electron chi connectivity index (χ4n) is 1.33. The van der Waals surface area contributed by atoms with Crippen LogP contribution in [0, 0.1) is 5.92 Å². The molecule has 0 aliphatic rings. The second kappa shape index (κ2) is 5.98. The summed E-state index contributed by atoms with van der Waals surface area (Å²) in [5.74, 6) is 0.644. The zero-order valence-corrected chi connectivity index (χ0v) is 9.64. The standard InChI is InChI=1S/C10H18N2OS/c1-3-4-8(2)6-13-7-9-5-12-10(11)14-9/h5,8H,3-4,6-7H2,1-2H3,(H2,11,12). The van der Waals surface area contributed by atoms with Gasteiger partial charge in [0.1, 0.15) is 0 Å². The molecule has 0 saturated heterocycles. The Bertz CT molecular complexity index is 262. The summed E-state index contributed by atoms with van der Waals surface area (Å²) >= 11 is 1.49. The van der Waals surface area contributed by atoms with Gasteiger partial charge in [0, 0.05) is 12.8 Å². The molecule has 1 heterocycles. The van der Waals surface area contributed by atoms with E-state index in [1.165, 1.54) is 24.2 Å². The van der Waals surface area contributed by atoms with Crippen molar-refractivity contribution in [2.24, 2.45) is 5.92 Å². The Morgan fingerprint density at radius 3 is 3.00 bits per heavy atom. The minimum Gasteiger partial charge on any atom is -0.376 e. The Kier molecular flexibility index (Phi) is 4.90. The molecule has 1 rings (SSSR count). The van der Waals surface area contributed by atoms with Crippen molar-refractivity contribution in [3.05, 3.63) is 11.1 Å². The maximum Gasteiger partial charge on any atom is 0.180 e. The first-order valence-electron chi connectivity index (χ1n) is 5.00. The maximum atomic E-state index is 5.56. The molecule has 0 saturated carbocycles. The number of nitrogens with two attached hydrogens (primary N) is 1. The molecule has 4 heteroatoms. The second-order valence-electron chi connectivity index (χ2n) is 3.57. The lowest BCUT2D eigenvalue weighted by Crippen LogP contribution is -2.04. The molecule has 3 nitrogen and oxygen atoms in total. The highest BCUT2D eigenvalue weighted by atomic mass is 32.1. The van der Waals surface area contributed by atoms with Gasteiger partial charge in [0.05, 0.1) is 11.5 Å². The third-order valence-corrected chi connectivity index (χ3v) is 2.80. The van der Waals surface area contributed by atoms with Gasteiger partial charge in [-0.2, -0.15) is 0 Å². The van der Waals surface area contributed by atoms with Gasteiger partial charge in [0.15, 0.2) is 5.13 Å². The number of aromatic nitrogens is 1. The van der Waals surface area contributed by atoms with Crippen molar-refractivity contribution >= 4 is 16.5 Å². The van der Waals surface area contributed by atoms with Crippen LogP contribution in [0.25, 0.3) is 0 Å². The van der Waals surface area contributed by atoms with Crippen LogP contribution in [0.1, 0.15) is 31.6 Å². The first kappa shape index (κ1) is 11.5. The van der Waals surface area contributed by atoms with Crippen molar-refractivity contribution in [2.75, 3.05) is 12.3 Å². The van der Waals surface area contributed by atoms with Crippen LogP contribution in [-0.2, 0) is 11.3 Å². The smallest absolute Gasteiger partial charge is 0.180 e. The fraction of sp³-hybridized carbons (Fsp3) is 0.700. The summed E-state index contributed by atoms with van der Waals surface area (Å²) in [6, 6.07) is 0. The second-order valence-corrected chi connectivity index (χ2v) is 4.72. The van der Waals surface area contributed by atoms with Crippen LogP contribution in [-0.4, -0.2) is 11.6 Å². The van der Waals surface area contributed by atoms with Crippen LogP contribution in [0.4, 0.5) is 5.13 Å². The summed E-state index contributed by atoms with van der Waals surface area (Å²) in [5, 5.41) is 0.616. The summed E-state index contributed by atoms with van der Waals surface area (Å²) in [4.78, 5) is 5.07. The predicted octanol–water partition coefficient (Wildman–Crippen LogP) is 2.68. The van der Waals surface area contributed by atoms with Crippen LogP contribution in [0.15, 0.2) is 6.20 Å². The third-order valence-electron chi connectivity index (χ3n) is 2.00. The summed E-state index contributed by atoms with van der Waals surface area (Å²) in [6.45, 7) is 5.87. The quantitative estimate of drug-likeness (QED) is 0.792. The van der Waals surface area contributed by atoms with Gasteiger partial charge in [-0.05, 0) is 12.3 Å². The van der Waals surface area contributed by atoms with E-state index in [4.69, 9.17) is 10.5 Å². The minimum atomic E-state index is 0.616. The van der Waals surface area contributed by atoms with Crippen LogP contribution >= 0.6 is 11.3 Å². The molecule has 0 amide bonds. The number of anilines is 1. The van der Waals surface area contributed by atoms with Gasteiger partial charge in [-0.3, -0.25) is 0 Å². The zero-order chi connectivity index (χ0) is 10.4. The molecule has 0 aromatic carbocycles. The number of thiazole rings is 1. The van der Waals surface area contributed by atoms with Crippen molar-refractivity contribution in [3.63, 3.8) is 0 Å². The predicted molar refractivity (Wildman–Crippen MR) is 60.3 cm³/mol. The van der Waals surface area contributed by atoms with Gasteiger partial charge >= 0.3 is 0 Å². The molecule has 0 aliphatic heterocycles. The summed E-state index contributed by atoms with van der Waals surface area (Å²) in [6.07, 6.45) is 4.23. The lowest BCUT2D eigenvalue weighted by atomic mass is 10.1. The molecule has 1 atom stereocenters. The van der Waals surface area contributed by atoms with E-state index in [-0.39, 0.29) is 0 Å². The van der Waals surface area contributed by atoms with Crippen molar-refractivity contribution < 1.29 is 4.74 Å². The molecule has 80 valence electrons. The number of hydrogen-bond acceptors (Lipinski definition) is 4. The van der Waals surface area contributed by atoms with E-state index in [9.17, 15) is 0 Å². The van der Waals surface area contributed by atoms with E-state index in [0.29, 0.717) is 17.7 Å². The van der Waals surface area contributed by atoms with Gasteiger partial charge in [-0.25, -0.2) is 4.98 Å². The molecule has 0 bridgehead atoms. The highest BCUT2D eigenvalue weighted by Gasteiger charge is 2.02. The lowest BCUT2D eigenvalue weighted by molar-refractivity contribution is 0.0910. The monoisotopic (exact) mass is 214 g/mol. The molecule has 0 spiro atoms. The lowest BCUT2D eigenvalue weighted by Gasteiger charge is -2.09. The fourth-order valence-corrected chi connectivity index (χ4v) is 1.95. The molecule has 1 aromatic rings. The molecule has 2 N–H and O–H groups in total. The van der Waals surface area contributed by atoms with Gasteiger partial charge in [-0.1, -0.05) is 31.6 Å². The average molecular weight is 214 g/mol. The normalized spacial score (nSPS) is 13.0. The molecule has 0 radical (unpaired) electrons. The molecule has 0 fully saturated rings. The van der Waals surface area contributed by atoms with Crippen molar-refractivity contribution in [1.29, 1.82) is 0 Å². The largest absolute Gasteiger partial charge is 0.376 e. The Labute approximate surface area is 89.3 Å². The molecule has 0 aliphatic carbocycles. The Morgan fingerprint density at radius 1 is 1.64 bits per heavy atom. The van der Waals surface area contributed by atoms with Gasteiger partial charge in [0.25, 0.3) is 0 Å². The summed E-state index contributed by atoms with van der Waals surface area (Å²) in [7, 11) is 0. The Hall–Kier alpha value is -0.610. The van der Waals surface area contributed by atoms with Crippen LogP contribution in [0.5, 0.6) is 0 Å². The summed E-state index contributed by atoms with van der Waals surface area (Å²) < 4.78 is 5.56. The number of hydrogen-bond donors (Lipinski definition) is 1. The molecular weight excluding hydrogens is 196 g/mol. The molecule has 14 heavy (non-hydrogen) atoms. The van der Waals surface area contributed by atoms with Crippen molar-refractivity contribution in [2.45, 2.75) is 33.3 Å². The van der Waals surface area contributed by atoms with Crippen LogP contribution in [0.3, 0.4) is 0 Å². The summed E-state index contributed by atoms with van der Waals surface area (Å²) in [5.41, 5.74) is 5.51. The van der Waals surface area contributed by atoms with Crippen molar-refractivity contribution in [1.82, 2.24) is 4.98 Å². The average Bonchev–Trinajstić information content (AvgIpc) is 2.52. The first-order chi connectivity index (χ1) is 6.72. The number of rotatable bonds is 6. The van der Waals surface area contributed by atoms with Crippen molar-refractivity contribution in [3.8, 4) is 0 Å². The first-order valence-corrected chi connectivity index (χ1v) is 5.82. The van der Waals surface area contributed by atoms with E-state index in [1.54, 1.807) is 6.20 Å². The highest BCUT2D eigenvalue weighted by molar-refractivity contribution is 7.15. The van der Waals surface area contributed by atoms with E-state index in [1.807, 2.05) is 0 Å². The van der Waals surface area contributed by atoms with E-state index >= 15 is 0 Å². The topological polar surface area (TPSA) is 48.1 Å². The Balaban J connectivity index is 2.15. The van der Waals surface area contributed by atoms with E-state index < -0.39 is 0 Å². The molecule has 1 aromatic heterocycles. The van der Waals surface area contributed by atoms with Gasteiger partial charge < -0.3 is 10.5 Å². The van der Waals surface area contributed by atoms with E-state index in [0.717, 1.165) is 11.5 Å². The third kappa shape index (κ3) is 4.07. The molecular formula is C10H18N2OS. The Morgan fingerprint density at radius 2 is 2.43 bits per heavy atom. The number of nitrogens with zero attached hydrogens (tertiary/aromatic N) is 1. The number of nitrogen functional groups attached to an aromatic ring is 1. The maximum absolute atomic E-state index is 5.56. The van der Waals surface area contributed by atoms with E-state index in [2.05, 4.69) is 18.8 Å². The van der Waals surface area contributed by atoms with Gasteiger partial charge in [-0.15, -0.1) is 0 Å². The van der Waals surface area contributed by atoms with Crippen LogP contribution in [0.2, 0.25) is 0 Å². The highest BCUT2D eigenvalue weighted by Crippen LogP contribution is 2.16. The zero-order valence-electron chi connectivity index (χ0n) is 8.82. The SMILES string of the molecule is CCCC(C)COCc1cnc(N)s1.